The quantitative estimate of drug-likeness (QED) is 0.670. The number of carbonyl (C=O) groups is 1. The minimum atomic E-state index is -0.142. The lowest BCUT2D eigenvalue weighted by Crippen LogP contribution is -2.46. The number of nitrogens with zero attached hydrogens (tertiary/aromatic N) is 2. The Morgan fingerprint density at radius 2 is 1.83 bits per heavy atom. The Hall–Kier alpha value is -2.66. The van der Waals surface area contributed by atoms with Gasteiger partial charge in [-0.2, -0.15) is 0 Å². The number of fused-ring (bicyclic) bond motifs is 1. The van der Waals surface area contributed by atoms with Crippen molar-refractivity contribution >= 4 is 16.9 Å². The summed E-state index contributed by atoms with van der Waals surface area (Å²) in [5.41, 5.74) is 4.54. The average Bonchev–Trinajstić information content (AvgIpc) is 3.08. The molecule has 0 spiro atoms. The lowest BCUT2D eigenvalue weighted by atomic mass is 9.74. The van der Waals surface area contributed by atoms with Crippen molar-refractivity contribution in [2.24, 2.45) is 5.92 Å². The molecule has 1 N–H and O–H groups in total. The summed E-state index contributed by atoms with van der Waals surface area (Å²) >= 11 is 0. The molecule has 4 rings (SSSR count). The Morgan fingerprint density at radius 1 is 1.13 bits per heavy atom. The van der Waals surface area contributed by atoms with Crippen LogP contribution in [0.4, 0.5) is 0 Å². The van der Waals surface area contributed by atoms with Crippen LogP contribution in [0.15, 0.2) is 48.5 Å². The van der Waals surface area contributed by atoms with Crippen LogP contribution in [0.5, 0.6) is 0 Å². The predicted octanol–water partition coefficient (Wildman–Crippen LogP) is 4.15. The number of nitrogens with one attached hydrogen (secondary N) is 1. The van der Waals surface area contributed by atoms with Gasteiger partial charge in [-0.25, -0.2) is 4.98 Å². The number of aromatic nitrogens is 2. The van der Waals surface area contributed by atoms with Gasteiger partial charge in [0.25, 0.3) is 0 Å². The van der Waals surface area contributed by atoms with Gasteiger partial charge in [0.05, 0.1) is 17.0 Å². The smallest absolute Gasteiger partial charge is 0.224 e. The molecule has 0 aliphatic carbocycles. The van der Waals surface area contributed by atoms with E-state index in [-0.39, 0.29) is 17.2 Å². The van der Waals surface area contributed by atoms with Gasteiger partial charge in [-0.15, -0.1) is 0 Å². The van der Waals surface area contributed by atoms with Crippen molar-refractivity contribution in [1.29, 1.82) is 0 Å². The van der Waals surface area contributed by atoms with Crippen LogP contribution in [-0.4, -0.2) is 35.2 Å². The highest BCUT2D eigenvalue weighted by atomic mass is 16.5. The molecule has 1 saturated heterocycles. The molecule has 1 aliphatic heterocycles. The molecular weight excluding hydrogens is 374 g/mol. The van der Waals surface area contributed by atoms with Gasteiger partial charge in [-0.1, -0.05) is 48.9 Å². The molecule has 1 fully saturated rings. The second-order valence-electron chi connectivity index (χ2n) is 8.64. The van der Waals surface area contributed by atoms with Crippen molar-refractivity contribution in [2.75, 3.05) is 19.8 Å². The molecule has 0 bridgehead atoms. The van der Waals surface area contributed by atoms with Crippen molar-refractivity contribution in [3.63, 3.8) is 0 Å². The molecule has 1 aromatic heterocycles. The van der Waals surface area contributed by atoms with Crippen molar-refractivity contribution < 1.29 is 9.53 Å². The third-order valence-corrected chi connectivity index (χ3v) is 6.46. The molecule has 0 saturated carbocycles. The summed E-state index contributed by atoms with van der Waals surface area (Å²) in [4.78, 5) is 17.6. The Kier molecular flexibility index (Phi) is 5.91. The maximum absolute atomic E-state index is 13.0. The van der Waals surface area contributed by atoms with Gasteiger partial charge >= 0.3 is 0 Å². The maximum Gasteiger partial charge on any atom is 0.224 e. The van der Waals surface area contributed by atoms with Crippen LogP contribution in [0.1, 0.15) is 36.7 Å². The number of benzene rings is 2. The van der Waals surface area contributed by atoms with Gasteiger partial charge in [-0.05, 0) is 44.4 Å². The van der Waals surface area contributed by atoms with Crippen LogP contribution in [0, 0.1) is 19.8 Å². The van der Waals surface area contributed by atoms with Crippen LogP contribution in [0.3, 0.4) is 0 Å². The van der Waals surface area contributed by atoms with Crippen LogP contribution in [0.25, 0.3) is 11.0 Å². The Morgan fingerprint density at radius 3 is 2.57 bits per heavy atom. The molecule has 5 nitrogen and oxygen atoms in total. The standard InChI is InChI=1S/C25H31N3O2/c1-18-8-10-21(11-9-18)25(12-14-30-15-13-25)17-26-24(29)19(2)16-28-20(3)27-22-6-4-5-7-23(22)28/h4-11,19H,12-17H2,1-3H3,(H,26,29). The minimum Gasteiger partial charge on any atom is -0.381 e. The zero-order chi connectivity index (χ0) is 21.1. The summed E-state index contributed by atoms with van der Waals surface area (Å²) in [7, 11) is 0. The Labute approximate surface area is 178 Å². The number of hydrogen-bond donors (Lipinski definition) is 1. The van der Waals surface area contributed by atoms with Gasteiger partial charge in [-0.3, -0.25) is 4.79 Å². The zero-order valence-electron chi connectivity index (χ0n) is 18.1. The number of carbonyl (C=O) groups excluding carboxylic acids is 1. The molecule has 158 valence electrons. The molecule has 1 atom stereocenters. The summed E-state index contributed by atoms with van der Waals surface area (Å²) in [5, 5.41) is 3.26. The lowest BCUT2D eigenvalue weighted by Gasteiger charge is -2.38. The van der Waals surface area contributed by atoms with Crippen molar-refractivity contribution in [2.45, 2.75) is 45.6 Å². The number of amides is 1. The topological polar surface area (TPSA) is 56.2 Å². The predicted molar refractivity (Wildman–Crippen MR) is 120 cm³/mol. The summed E-state index contributed by atoms with van der Waals surface area (Å²) < 4.78 is 7.77. The number of rotatable bonds is 6. The molecule has 2 heterocycles. The molecule has 1 amide bonds. The summed E-state index contributed by atoms with van der Waals surface area (Å²) in [6.45, 7) is 8.83. The second-order valence-corrected chi connectivity index (χ2v) is 8.64. The van der Waals surface area contributed by atoms with E-state index in [4.69, 9.17) is 4.74 Å². The Bertz CT molecular complexity index is 1020. The fourth-order valence-corrected chi connectivity index (χ4v) is 4.45. The summed E-state index contributed by atoms with van der Waals surface area (Å²) in [5.74, 6) is 0.887. The third-order valence-electron chi connectivity index (χ3n) is 6.46. The van der Waals surface area contributed by atoms with Gasteiger partial charge in [0.2, 0.25) is 5.91 Å². The van der Waals surface area contributed by atoms with Gasteiger partial charge in [0, 0.05) is 31.7 Å². The largest absolute Gasteiger partial charge is 0.381 e. The van der Waals surface area contributed by atoms with E-state index < -0.39 is 0 Å². The molecule has 3 aromatic rings. The normalized spacial score (nSPS) is 17.0. The first-order valence-corrected chi connectivity index (χ1v) is 10.8. The van der Waals surface area contributed by atoms with Gasteiger partial charge < -0.3 is 14.6 Å². The van der Waals surface area contributed by atoms with Gasteiger partial charge in [0.15, 0.2) is 0 Å². The van der Waals surface area contributed by atoms with E-state index in [1.165, 1.54) is 11.1 Å². The monoisotopic (exact) mass is 405 g/mol. The fraction of sp³-hybridized carbons (Fsp3) is 0.440. The van der Waals surface area contributed by atoms with E-state index in [1.807, 2.05) is 32.0 Å². The van der Waals surface area contributed by atoms with E-state index in [9.17, 15) is 4.79 Å². The molecule has 2 aromatic carbocycles. The SMILES string of the molecule is Cc1ccc(C2(CNC(=O)C(C)Cn3c(C)nc4ccccc43)CCOCC2)cc1. The van der Waals surface area contributed by atoms with Crippen molar-refractivity contribution in [1.82, 2.24) is 14.9 Å². The average molecular weight is 406 g/mol. The minimum absolute atomic E-state index is 0.0566. The van der Waals surface area contributed by atoms with E-state index in [2.05, 4.69) is 52.1 Å². The molecule has 30 heavy (non-hydrogen) atoms. The van der Waals surface area contributed by atoms with E-state index >= 15 is 0 Å². The number of para-hydroxylation sites is 2. The fourth-order valence-electron chi connectivity index (χ4n) is 4.45. The number of hydrogen-bond acceptors (Lipinski definition) is 3. The third kappa shape index (κ3) is 4.12. The van der Waals surface area contributed by atoms with E-state index in [0.29, 0.717) is 13.1 Å². The lowest BCUT2D eigenvalue weighted by molar-refractivity contribution is -0.125. The van der Waals surface area contributed by atoms with E-state index in [1.54, 1.807) is 0 Å². The summed E-state index contributed by atoms with van der Waals surface area (Å²) in [6, 6.07) is 16.8. The highest BCUT2D eigenvalue weighted by Crippen LogP contribution is 2.34. The van der Waals surface area contributed by atoms with Crippen LogP contribution < -0.4 is 5.32 Å². The first-order chi connectivity index (χ1) is 14.5. The molecule has 1 unspecified atom stereocenters. The first kappa shape index (κ1) is 20.6. The van der Waals surface area contributed by atoms with Crippen LogP contribution in [0.2, 0.25) is 0 Å². The summed E-state index contributed by atoms with van der Waals surface area (Å²) in [6.07, 6.45) is 1.85. The van der Waals surface area contributed by atoms with Crippen molar-refractivity contribution in [3.05, 3.63) is 65.5 Å². The maximum atomic E-state index is 13.0. The number of aryl methyl sites for hydroxylation is 2. The number of imidazole rings is 1. The molecule has 0 radical (unpaired) electrons. The van der Waals surface area contributed by atoms with Gasteiger partial charge in [0.1, 0.15) is 5.82 Å². The Balaban J connectivity index is 1.46. The van der Waals surface area contributed by atoms with Crippen molar-refractivity contribution in [3.8, 4) is 0 Å². The highest BCUT2D eigenvalue weighted by Gasteiger charge is 2.35. The highest BCUT2D eigenvalue weighted by molar-refractivity contribution is 5.79. The van der Waals surface area contributed by atoms with Crippen LogP contribution in [-0.2, 0) is 21.5 Å². The molecular formula is C25H31N3O2. The first-order valence-electron chi connectivity index (χ1n) is 10.8. The number of ether oxygens (including phenoxy) is 1. The second kappa shape index (κ2) is 8.60. The molecule has 5 heteroatoms. The van der Waals surface area contributed by atoms with Crippen LogP contribution >= 0.6 is 0 Å². The molecule has 1 aliphatic rings. The zero-order valence-corrected chi connectivity index (χ0v) is 18.1. The van der Waals surface area contributed by atoms with E-state index in [0.717, 1.165) is 42.9 Å².